The van der Waals surface area contributed by atoms with Gasteiger partial charge in [0.25, 0.3) is 0 Å². The molecule has 1 rings (SSSR count). The third-order valence-corrected chi connectivity index (χ3v) is 3.23. The third kappa shape index (κ3) is 3.13. The number of carbonyl (C=O) groups excluding carboxylic acids is 1. The lowest BCUT2D eigenvalue weighted by Gasteiger charge is -2.45. The zero-order chi connectivity index (χ0) is 14.9. The van der Waals surface area contributed by atoms with Gasteiger partial charge >= 0.3 is 18.8 Å². The van der Waals surface area contributed by atoms with Gasteiger partial charge in [0.2, 0.25) is 0 Å². The molecular formula is C10H11F6O3. The monoisotopic (exact) mass is 293 g/mol. The van der Waals surface area contributed by atoms with Gasteiger partial charge in [0.1, 0.15) is 0 Å². The minimum Gasteiger partial charge on any atom is -0.447 e. The lowest BCUT2D eigenvalue weighted by atomic mass is 9.72. The van der Waals surface area contributed by atoms with Crippen molar-refractivity contribution in [2.75, 3.05) is 0 Å². The summed E-state index contributed by atoms with van der Waals surface area (Å²) in [5, 5.41) is 9.54. The van der Waals surface area contributed by atoms with Crippen molar-refractivity contribution in [3.63, 3.8) is 0 Å². The van der Waals surface area contributed by atoms with Gasteiger partial charge in [-0.2, -0.15) is 26.3 Å². The zero-order valence-corrected chi connectivity index (χ0v) is 9.51. The molecule has 9 heteroatoms. The fraction of sp³-hybridized carbons (Fsp3) is 0.900. The minimum absolute atomic E-state index is 0.0125. The third-order valence-electron chi connectivity index (χ3n) is 3.23. The van der Waals surface area contributed by atoms with Crippen molar-refractivity contribution in [2.24, 2.45) is 5.92 Å². The van der Waals surface area contributed by atoms with Crippen molar-refractivity contribution in [3.8, 4) is 0 Å². The molecule has 0 aromatic heterocycles. The van der Waals surface area contributed by atoms with Gasteiger partial charge in [-0.15, -0.1) is 0 Å². The number of aliphatic hydroxyl groups is 1. The molecule has 1 N–H and O–H groups in total. The average molecular weight is 293 g/mol. The molecule has 0 heterocycles. The van der Waals surface area contributed by atoms with Crippen molar-refractivity contribution in [1.29, 1.82) is 0 Å². The Bertz CT molecular complexity index is 312. The number of halogens is 6. The van der Waals surface area contributed by atoms with Gasteiger partial charge in [-0.3, -0.25) is 0 Å². The minimum atomic E-state index is -5.69. The lowest BCUT2D eigenvalue weighted by Crippen LogP contribution is -2.62. The van der Waals surface area contributed by atoms with Gasteiger partial charge in [-0.25, -0.2) is 4.79 Å². The topological polar surface area (TPSA) is 46.5 Å². The first-order valence-electron chi connectivity index (χ1n) is 5.42. The predicted octanol–water partition coefficient (Wildman–Crippen LogP) is 2.48. The largest absolute Gasteiger partial charge is 0.447 e. The van der Waals surface area contributed by atoms with Gasteiger partial charge in [-0.1, -0.05) is 6.42 Å². The van der Waals surface area contributed by atoms with Gasteiger partial charge in [0.15, 0.2) is 11.5 Å². The first kappa shape index (κ1) is 16.1. The van der Waals surface area contributed by atoms with Crippen LogP contribution in [0.5, 0.6) is 0 Å². The maximum atomic E-state index is 12.7. The number of hydrogen-bond acceptors (Lipinski definition) is 3. The molecule has 0 aliphatic heterocycles. The normalized spacial score (nSPS) is 29.4. The number of ether oxygens (including phenoxy) is 1. The second kappa shape index (κ2) is 5.18. The standard InChI is InChI=1S/C10H11F6O3/c11-9(12,13)7(10(14,15)16)8(19-5-17)4-2-1-3-6(8)18/h6-7,18H,1-4H2. The maximum Gasteiger partial charge on any atom is 0.418 e. The highest BCUT2D eigenvalue weighted by Gasteiger charge is 2.70. The van der Waals surface area contributed by atoms with Crippen LogP contribution in [0.2, 0.25) is 0 Å². The Morgan fingerprint density at radius 3 is 2.05 bits per heavy atom. The summed E-state index contributed by atoms with van der Waals surface area (Å²) >= 11 is 0. The summed E-state index contributed by atoms with van der Waals surface area (Å²) in [6, 6.07) is 0. The quantitative estimate of drug-likeness (QED) is 0.813. The SMILES string of the molecule is O=[C]OC1(C(C(F)(F)F)C(F)(F)F)CCCCC1O. The second-order valence-corrected chi connectivity index (χ2v) is 4.42. The molecule has 1 saturated carbocycles. The summed E-state index contributed by atoms with van der Waals surface area (Å²) in [4.78, 5) is 10.2. The average Bonchev–Trinajstić information content (AvgIpc) is 2.18. The molecule has 1 fully saturated rings. The summed E-state index contributed by atoms with van der Waals surface area (Å²) in [6.07, 6.45) is -14.2. The van der Waals surface area contributed by atoms with Crippen molar-refractivity contribution in [3.05, 3.63) is 0 Å². The highest BCUT2D eigenvalue weighted by atomic mass is 19.4. The van der Waals surface area contributed by atoms with E-state index in [-0.39, 0.29) is 19.3 Å². The Balaban J connectivity index is 3.30. The van der Waals surface area contributed by atoms with Crippen LogP contribution in [0.1, 0.15) is 25.7 Å². The summed E-state index contributed by atoms with van der Waals surface area (Å²) in [5.41, 5.74) is -3.05. The fourth-order valence-electron chi connectivity index (χ4n) is 2.48. The van der Waals surface area contributed by atoms with Crippen molar-refractivity contribution >= 4 is 6.47 Å². The second-order valence-electron chi connectivity index (χ2n) is 4.42. The van der Waals surface area contributed by atoms with Crippen LogP contribution in [-0.2, 0) is 9.53 Å². The van der Waals surface area contributed by atoms with Gasteiger partial charge < -0.3 is 9.84 Å². The van der Waals surface area contributed by atoms with Crippen LogP contribution in [0.25, 0.3) is 0 Å². The highest BCUT2D eigenvalue weighted by Crippen LogP contribution is 2.52. The first-order valence-corrected chi connectivity index (χ1v) is 5.42. The zero-order valence-electron chi connectivity index (χ0n) is 9.51. The highest BCUT2D eigenvalue weighted by molar-refractivity contribution is 5.40. The van der Waals surface area contributed by atoms with Crippen molar-refractivity contribution < 1.29 is 41.0 Å². The molecule has 111 valence electrons. The molecule has 0 spiro atoms. The van der Waals surface area contributed by atoms with E-state index in [0.29, 0.717) is 6.47 Å². The molecule has 0 amide bonds. The van der Waals surface area contributed by atoms with E-state index < -0.39 is 36.4 Å². The lowest BCUT2D eigenvalue weighted by molar-refractivity contribution is -0.341. The molecule has 0 aromatic rings. The van der Waals surface area contributed by atoms with E-state index in [1.54, 1.807) is 0 Å². The van der Waals surface area contributed by atoms with E-state index in [4.69, 9.17) is 0 Å². The van der Waals surface area contributed by atoms with E-state index in [1.807, 2.05) is 0 Å². The molecule has 1 aliphatic carbocycles. The van der Waals surface area contributed by atoms with E-state index in [9.17, 15) is 36.2 Å². The molecular weight excluding hydrogens is 282 g/mol. The van der Waals surface area contributed by atoms with Crippen molar-refractivity contribution in [1.82, 2.24) is 0 Å². The molecule has 0 saturated heterocycles. The van der Waals surface area contributed by atoms with Gasteiger partial charge in [0, 0.05) is 0 Å². The molecule has 0 bridgehead atoms. The van der Waals surface area contributed by atoms with Crippen LogP contribution in [0.4, 0.5) is 26.3 Å². The molecule has 1 radical (unpaired) electrons. The smallest absolute Gasteiger partial charge is 0.418 e. The molecule has 2 atom stereocenters. The molecule has 2 unspecified atom stereocenters. The van der Waals surface area contributed by atoms with Gasteiger partial charge in [-0.05, 0) is 19.3 Å². The molecule has 1 aliphatic rings. The molecule has 0 aromatic carbocycles. The molecule has 3 nitrogen and oxygen atoms in total. The van der Waals surface area contributed by atoms with Gasteiger partial charge in [0.05, 0.1) is 6.10 Å². The number of alkyl halides is 6. The summed E-state index contributed by atoms with van der Waals surface area (Å²) in [7, 11) is 0. The Morgan fingerprint density at radius 2 is 1.68 bits per heavy atom. The predicted molar refractivity (Wildman–Crippen MR) is 49.6 cm³/mol. The number of aliphatic hydroxyl groups excluding tert-OH is 1. The van der Waals surface area contributed by atoms with Crippen LogP contribution >= 0.6 is 0 Å². The van der Waals surface area contributed by atoms with E-state index in [0.717, 1.165) is 0 Å². The van der Waals surface area contributed by atoms with E-state index in [2.05, 4.69) is 4.74 Å². The number of hydrogen-bond donors (Lipinski definition) is 1. The van der Waals surface area contributed by atoms with Crippen LogP contribution in [0, 0.1) is 5.92 Å². The number of rotatable bonds is 3. The molecule has 19 heavy (non-hydrogen) atoms. The summed E-state index contributed by atoms with van der Waals surface area (Å²) in [5.74, 6) is -3.93. The fourth-order valence-corrected chi connectivity index (χ4v) is 2.48. The van der Waals surface area contributed by atoms with E-state index >= 15 is 0 Å². The van der Waals surface area contributed by atoms with Crippen LogP contribution in [-0.4, -0.2) is 35.6 Å². The summed E-state index contributed by atoms with van der Waals surface area (Å²) in [6.45, 7) is 0.623. The Kier molecular flexibility index (Phi) is 4.38. The Labute approximate surface area is 104 Å². The summed E-state index contributed by atoms with van der Waals surface area (Å²) < 4.78 is 80.2. The van der Waals surface area contributed by atoms with E-state index in [1.165, 1.54) is 0 Å². The van der Waals surface area contributed by atoms with Crippen LogP contribution in [0.3, 0.4) is 0 Å². The van der Waals surface area contributed by atoms with Crippen LogP contribution in [0.15, 0.2) is 0 Å². The van der Waals surface area contributed by atoms with Crippen molar-refractivity contribution in [2.45, 2.75) is 49.7 Å². The Hall–Kier alpha value is -0.990. The Morgan fingerprint density at radius 1 is 1.16 bits per heavy atom. The maximum absolute atomic E-state index is 12.7. The van der Waals surface area contributed by atoms with Crippen LogP contribution < -0.4 is 0 Å². The first-order chi connectivity index (χ1) is 8.55.